The molecule has 1 heterocycles. The maximum Gasteiger partial charge on any atom is 0.246 e. The summed E-state index contributed by atoms with van der Waals surface area (Å²) < 4.78 is 5.21. The Kier molecular flexibility index (Phi) is 4.22. The Morgan fingerprint density at radius 1 is 1.26 bits per heavy atom. The molecular weight excluding hydrogens is 242 g/mol. The number of amides is 1. The van der Waals surface area contributed by atoms with Gasteiger partial charge in [-0.05, 0) is 48.7 Å². The Bertz CT molecular complexity index is 479. The molecule has 0 saturated carbocycles. The van der Waals surface area contributed by atoms with Gasteiger partial charge in [0, 0.05) is 19.2 Å². The molecule has 1 saturated heterocycles. The maximum atomic E-state index is 11.9. The second-order valence-electron chi connectivity index (χ2n) is 4.77. The molecule has 4 heteroatoms. The highest BCUT2D eigenvalue weighted by Crippen LogP contribution is 2.23. The van der Waals surface area contributed by atoms with Crippen LogP contribution in [-0.4, -0.2) is 42.2 Å². The summed E-state index contributed by atoms with van der Waals surface area (Å²) in [5, 5.41) is 9.70. The number of phenols is 1. The second-order valence-corrected chi connectivity index (χ2v) is 4.77. The number of carbonyl (C=O) groups excluding carboxylic acids is 1. The molecule has 0 spiro atoms. The van der Waals surface area contributed by atoms with E-state index in [-0.39, 0.29) is 5.91 Å². The highest BCUT2D eigenvalue weighted by Gasteiger charge is 2.13. The fourth-order valence-electron chi connectivity index (χ4n) is 2.14. The number of ether oxygens (including phenoxy) is 1. The van der Waals surface area contributed by atoms with E-state index in [1.54, 1.807) is 17.1 Å². The summed E-state index contributed by atoms with van der Waals surface area (Å²) in [5.74, 6) is 0.323. The fraction of sp³-hybridized carbons (Fsp3) is 0.400. The zero-order valence-electron chi connectivity index (χ0n) is 11.3. The van der Waals surface area contributed by atoms with Gasteiger partial charge in [-0.15, -0.1) is 0 Å². The SMILES string of the molecule is Cc1cc(C=CC(=O)N2CCOCC2)cc(C)c1O. The van der Waals surface area contributed by atoms with Gasteiger partial charge >= 0.3 is 0 Å². The lowest BCUT2D eigenvalue weighted by Crippen LogP contribution is -2.39. The van der Waals surface area contributed by atoms with E-state index < -0.39 is 0 Å². The van der Waals surface area contributed by atoms with Crippen LogP contribution in [0.5, 0.6) is 5.75 Å². The molecule has 1 aliphatic heterocycles. The molecule has 1 aromatic rings. The van der Waals surface area contributed by atoms with Gasteiger partial charge in [0.25, 0.3) is 0 Å². The number of carbonyl (C=O) groups is 1. The fourth-order valence-corrected chi connectivity index (χ4v) is 2.14. The second kappa shape index (κ2) is 5.89. The number of nitrogens with zero attached hydrogens (tertiary/aromatic N) is 1. The van der Waals surface area contributed by atoms with E-state index in [0.717, 1.165) is 16.7 Å². The van der Waals surface area contributed by atoms with Crippen molar-refractivity contribution < 1.29 is 14.6 Å². The first-order chi connectivity index (χ1) is 9.08. The van der Waals surface area contributed by atoms with Gasteiger partial charge in [-0.25, -0.2) is 0 Å². The third-order valence-corrected chi connectivity index (χ3v) is 3.25. The summed E-state index contributed by atoms with van der Waals surface area (Å²) >= 11 is 0. The van der Waals surface area contributed by atoms with Gasteiger partial charge in [-0.1, -0.05) is 0 Å². The zero-order valence-corrected chi connectivity index (χ0v) is 11.3. The van der Waals surface area contributed by atoms with E-state index in [1.807, 2.05) is 26.0 Å². The van der Waals surface area contributed by atoms with E-state index in [0.29, 0.717) is 32.1 Å². The largest absolute Gasteiger partial charge is 0.507 e. The third kappa shape index (κ3) is 3.35. The molecule has 0 aromatic heterocycles. The van der Waals surface area contributed by atoms with Crippen LogP contribution in [0.1, 0.15) is 16.7 Å². The van der Waals surface area contributed by atoms with E-state index in [2.05, 4.69) is 0 Å². The quantitative estimate of drug-likeness (QED) is 0.827. The first-order valence-corrected chi connectivity index (χ1v) is 6.43. The standard InChI is InChI=1S/C15H19NO3/c1-11-9-13(10-12(2)15(11)18)3-4-14(17)16-5-7-19-8-6-16/h3-4,9-10,18H,5-8H2,1-2H3. The Hall–Kier alpha value is -1.81. The van der Waals surface area contributed by atoms with Crippen molar-refractivity contribution in [1.82, 2.24) is 4.90 Å². The Balaban J connectivity index is 2.07. The number of aryl methyl sites for hydroxylation is 2. The van der Waals surface area contributed by atoms with Crippen molar-refractivity contribution in [3.05, 3.63) is 34.9 Å². The van der Waals surface area contributed by atoms with Gasteiger partial charge < -0.3 is 14.7 Å². The van der Waals surface area contributed by atoms with Gasteiger partial charge in [0.05, 0.1) is 13.2 Å². The molecule has 0 aliphatic carbocycles. The smallest absolute Gasteiger partial charge is 0.246 e. The summed E-state index contributed by atoms with van der Waals surface area (Å²) in [6.07, 6.45) is 3.37. The molecule has 1 aromatic carbocycles. The molecule has 1 N–H and O–H groups in total. The van der Waals surface area contributed by atoms with Crippen LogP contribution in [0, 0.1) is 13.8 Å². The van der Waals surface area contributed by atoms with Crippen LogP contribution in [0.3, 0.4) is 0 Å². The highest BCUT2D eigenvalue weighted by atomic mass is 16.5. The lowest BCUT2D eigenvalue weighted by Gasteiger charge is -2.25. The molecule has 0 unspecified atom stereocenters. The van der Waals surface area contributed by atoms with Crippen LogP contribution in [0.25, 0.3) is 6.08 Å². The minimum atomic E-state index is 0.00619. The monoisotopic (exact) mass is 261 g/mol. The molecule has 102 valence electrons. The summed E-state index contributed by atoms with van der Waals surface area (Å²) in [6, 6.07) is 3.73. The van der Waals surface area contributed by atoms with Crippen LogP contribution >= 0.6 is 0 Å². The van der Waals surface area contributed by atoms with E-state index in [9.17, 15) is 9.90 Å². The summed E-state index contributed by atoms with van der Waals surface area (Å²) in [4.78, 5) is 13.7. The Morgan fingerprint density at radius 2 is 1.84 bits per heavy atom. The summed E-state index contributed by atoms with van der Waals surface area (Å²) in [5.41, 5.74) is 2.56. The molecule has 1 aliphatic rings. The Morgan fingerprint density at radius 3 is 2.42 bits per heavy atom. The average Bonchev–Trinajstić information content (AvgIpc) is 2.43. The third-order valence-electron chi connectivity index (χ3n) is 3.25. The number of hydrogen-bond acceptors (Lipinski definition) is 3. The molecule has 2 rings (SSSR count). The van der Waals surface area contributed by atoms with Gasteiger partial charge in [0.15, 0.2) is 0 Å². The van der Waals surface area contributed by atoms with Gasteiger partial charge in [-0.2, -0.15) is 0 Å². The van der Waals surface area contributed by atoms with Crippen LogP contribution in [-0.2, 0) is 9.53 Å². The Labute approximate surface area is 113 Å². The van der Waals surface area contributed by atoms with Crippen molar-refractivity contribution in [2.45, 2.75) is 13.8 Å². The maximum absolute atomic E-state index is 11.9. The van der Waals surface area contributed by atoms with Crippen LogP contribution in [0.2, 0.25) is 0 Å². The number of phenolic OH excluding ortho intramolecular Hbond substituents is 1. The van der Waals surface area contributed by atoms with Crippen molar-refractivity contribution in [3.8, 4) is 5.75 Å². The van der Waals surface area contributed by atoms with Crippen LogP contribution in [0.4, 0.5) is 0 Å². The van der Waals surface area contributed by atoms with Crippen LogP contribution in [0.15, 0.2) is 18.2 Å². The predicted molar refractivity (Wildman–Crippen MR) is 74.0 cm³/mol. The van der Waals surface area contributed by atoms with E-state index >= 15 is 0 Å². The molecule has 4 nitrogen and oxygen atoms in total. The zero-order chi connectivity index (χ0) is 13.8. The van der Waals surface area contributed by atoms with Crippen molar-refractivity contribution in [2.75, 3.05) is 26.3 Å². The molecule has 1 amide bonds. The average molecular weight is 261 g/mol. The first-order valence-electron chi connectivity index (χ1n) is 6.43. The molecule has 0 bridgehead atoms. The lowest BCUT2D eigenvalue weighted by atomic mass is 10.1. The minimum absolute atomic E-state index is 0.00619. The molecular formula is C15H19NO3. The highest BCUT2D eigenvalue weighted by molar-refractivity contribution is 5.91. The summed E-state index contributed by atoms with van der Waals surface area (Å²) in [7, 11) is 0. The molecule has 1 fully saturated rings. The predicted octanol–water partition coefficient (Wildman–Crippen LogP) is 1.88. The lowest BCUT2D eigenvalue weighted by molar-refractivity contribution is -0.129. The topological polar surface area (TPSA) is 49.8 Å². The first kappa shape index (κ1) is 13.6. The molecule has 0 radical (unpaired) electrons. The van der Waals surface area contributed by atoms with Crippen molar-refractivity contribution >= 4 is 12.0 Å². The minimum Gasteiger partial charge on any atom is -0.507 e. The molecule has 19 heavy (non-hydrogen) atoms. The number of benzene rings is 1. The van der Waals surface area contributed by atoms with Crippen molar-refractivity contribution in [2.24, 2.45) is 0 Å². The van der Waals surface area contributed by atoms with Crippen LogP contribution < -0.4 is 0 Å². The van der Waals surface area contributed by atoms with Gasteiger partial charge in [0.2, 0.25) is 5.91 Å². The van der Waals surface area contributed by atoms with E-state index in [4.69, 9.17) is 4.74 Å². The summed E-state index contributed by atoms with van der Waals surface area (Å²) in [6.45, 7) is 6.22. The number of hydrogen-bond donors (Lipinski definition) is 1. The normalized spacial score (nSPS) is 16.0. The number of rotatable bonds is 2. The molecule has 0 atom stereocenters. The number of aromatic hydroxyl groups is 1. The number of morpholine rings is 1. The van der Waals surface area contributed by atoms with Crippen molar-refractivity contribution in [3.63, 3.8) is 0 Å². The van der Waals surface area contributed by atoms with Gasteiger partial charge in [-0.3, -0.25) is 4.79 Å². The van der Waals surface area contributed by atoms with Crippen molar-refractivity contribution in [1.29, 1.82) is 0 Å². The van der Waals surface area contributed by atoms with E-state index in [1.165, 1.54) is 0 Å². The van der Waals surface area contributed by atoms with Gasteiger partial charge in [0.1, 0.15) is 5.75 Å².